The van der Waals surface area contributed by atoms with Gasteiger partial charge in [-0.05, 0) is 117 Å². The molecule has 0 N–H and O–H groups in total. The number of anilines is 1. The first-order chi connectivity index (χ1) is 20.9. The van der Waals surface area contributed by atoms with Crippen LogP contribution in [0.3, 0.4) is 0 Å². The molecule has 0 spiro atoms. The fourth-order valence-corrected chi connectivity index (χ4v) is 8.63. The van der Waals surface area contributed by atoms with Crippen molar-refractivity contribution in [2.24, 2.45) is 10.8 Å². The summed E-state index contributed by atoms with van der Waals surface area (Å²) in [6.45, 7) is 0.552. The van der Waals surface area contributed by atoms with Gasteiger partial charge in [-0.1, -0.05) is 29.4 Å². The van der Waals surface area contributed by atoms with E-state index in [1.807, 2.05) is 29.2 Å². The molecule has 7 aliphatic rings. The highest BCUT2D eigenvalue weighted by Gasteiger charge is 2.69. The molecule has 10 heteroatoms. The molecule has 4 bridgehead atoms. The molecule has 7 aliphatic carbocycles. The Hall–Kier alpha value is -3.43. The Kier molecular flexibility index (Phi) is 6.08. The van der Waals surface area contributed by atoms with Gasteiger partial charge in [0.1, 0.15) is 11.4 Å². The van der Waals surface area contributed by atoms with Gasteiger partial charge in [0.05, 0.1) is 0 Å². The van der Waals surface area contributed by atoms with Crippen molar-refractivity contribution in [2.75, 3.05) is 11.4 Å². The highest BCUT2D eigenvalue weighted by Crippen LogP contribution is 2.71. The number of aromatic nitrogens is 2. The molecule has 0 atom stereocenters. The number of halogens is 4. The van der Waals surface area contributed by atoms with E-state index < -0.39 is 12.0 Å². The lowest BCUT2D eigenvalue weighted by Gasteiger charge is -2.66. The maximum atomic E-state index is 14.4. The van der Waals surface area contributed by atoms with Crippen LogP contribution in [0, 0.1) is 10.8 Å². The predicted octanol–water partition coefficient (Wildman–Crippen LogP) is 8.42. The number of ether oxygens (including phenoxy) is 1. The number of nitrogens with zero attached hydrogens (tertiary/aromatic N) is 3. The van der Waals surface area contributed by atoms with E-state index in [2.05, 4.69) is 9.89 Å². The number of rotatable bonds is 9. The van der Waals surface area contributed by atoms with Crippen molar-refractivity contribution < 1.29 is 31.6 Å². The van der Waals surface area contributed by atoms with Gasteiger partial charge in [0, 0.05) is 30.0 Å². The third kappa shape index (κ3) is 4.98. The average Bonchev–Trinajstić information content (AvgIpc) is 3.70. The molecule has 0 aliphatic heterocycles. The van der Waals surface area contributed by atoms with Gasteiger partial charge in [-0.15, -0.1) is 13.2 Å². The molecule has 7 saturated carbocycles. The number of hydrogen-bond acceptors (Lipinski definition) is 5. The van der Waals surface area contributed by atoms with E-state index in [4.69, 9.17) is 9.51 Å². The van der Waals surface area contributed by atoms with Crippen LogP contribution in [0.5, 0.6) is 5.75 Å². The standard InChI is InChI=1S/C34H35F4N3O3/c35-33-18-31(19-33,20-33)17-27(42)41(25-5-1-3-23(15-25)24-4-2-6-26(16-24)43-34(36,37)38)21-30-9-12-32(13-10-30,14-11-30)29-39-28(40-44-29)22-7-8-22/h1-6,15-16,22H,7-14,17-21H2. The molecular weight excluding hydrogens is 574 g/mol. The van der Waals surface area contributed by atoms with E-state index in [1.165, 1.54) is 18.2 Å². The molecule has 44 heavy (non-hydrogen) atoms. The maximum absolute atomic E-state index is 14.4. The van der Waals surface area contributed by atoms with Crippen molar-refractivity contribution in [3.63, 3.8) is 0 Å². The summed E-state index contributed by atoms with van der Waals surface area (Å²) in [6, 6.07) is 13.3. The molecule has 232 valence electrons. The third-order valence-electron chi connectivity index (χ3n) is 11.2. The SMILES string of the molecule is O=C(CC12CC(F)(C1)C2)N(CC12CCC(c3nc(C4CC4)no3)(CC1)CC2)c1cccc(-c2cccc(OC(F)(F)F)c2)c1. The van der Waals surface area contributed by atoms with E-state index in [-0.39, 0.29) is 27.9 Å². The van der Waals surface area contributed by atoms with E-state index in [9.17, 15) is 22.4 Å². The molecule has 1 aromatic heterocycles. The summed E-state index contributed by atoms with van der Waals surface area (Å²) in [5, 5.41) is 4.28. The van der Waals surface area contributed by atoms with Crippen LogP contribution < -0.4 is 9.64 Å². The predicted molar refractivity (Wildman–Crippen MR) is 154 cm³/mol. The maximum Gasteiger partial charge on any atom is 0.573 e. The summed E-state index contributed by atoms with van der Waals surface area (Å²) in [6.07, 6.45) is 4.73. The second-order valence-electron chi connectivity index (χ2n) is 14.5. The number of fused-ring (bicyclic) bond motifs is 3. The third-order valence-corrected chi connectivity index (χ3v) is 11.2. The van der Waals surface area contributed by atoms with Gasteiger partial charge < -0.3 is 14.2 Å². The molecule has 0 unspecified atom stereocenters. The number of benzene rings is 2. The minimum Gasteiger partial charge on any atom is -0.406 e. The Bertz CT molecular complexity index is 1570. The first kappa shape index (κ1) is 28.1. The molecular formula is C34H35F4N3O3. The highest BCUT2D eigenvalue weighted by molar-refractivity contribution is 5.95. The Morgan fingerprint density at radius 1 is 0.932 bits per heavy atom. The van der Waals surface area contributed by atoms with Gasteiger partial charge >= 0.3 is 6.36 Å². The normalized spacial score (nSPS) is 32.1. The summed E-state index contributed by atoms with van der Waals surface area (Å²) >= 11 is 0. The quantitative estimate of drug-likeness (QED) is 0.228. The Balaban J connectivity index is 1.05. The van der Waals surface area contributed by atoms with E-state index in [1.54, 1.807) is 6.07 Å². The largest absolute Gasteiger partial charge is 0.573 e. The van der Waals surface area contributed by atoms with Crippen molar-refractivity contribution in [2.45, 2.75) is 100 Å². The highest BCUT2D eigenvalue weighted by atomic mass is 19.4. The van der Waals surface area contributed by atoms with E-state index in [0.29, 0.717) is 55.0 Å². The molecule has 0 radical (unpaired) electrons. The zero-order valence-electron chi connectivity index (χ0n) is 24.5. The Labute approximate surface area is 253 Å². The summed E-state index contributed by atoms with van der Waals surface area (Å²) in [4.78, 5) is 20.8. The van der Waals surface area contributed by atoms with Crippen LogP contribution in [0.4, 0.5) is 23.2 Å². The zero-order chi connectivity index (χ0) is 30.4. The zero-order valence-corrected chi connectivity index (χ0v) is 24.5. The van der Waals surface area contributed by atoms with Gasteiger partial charge in [-0.2, -0.15) is 4.98 Å². The first-order valence-corrected chi connectivity index (χ1v) is 15.7. The lowest BCUT2D eigenvalue weighted by atomic mass is 9.41. The first-order valence-electron chi connectivity index (χ1n) is 15.7. The van der Waals surface area contributed by atoms with E-state index >= 15 is 0 Å². The van der Waals surface area contributed by atoms with Crippen LogP contribution in [-0.2, 0) is 10.2 Å². The minimum atomic E-state index is -4.79. The summed E-state index contributed by atoms with van der Waals surface area (Å²) in [5.41, 5.74) is 0.468. The van der Waals surface area contributed by atoms with Gasteiger partial charge in [0.25, 0.3) is 0 Å². The lowest BCUT2D eigenvalue weighted by molar-refractivity contribution is -0.274. The number of amides is 1. The second-order valence-corrected chi connectivity index (χ2v) is 14.5. The van der Waals surface area contributed by atoms with Crippen LogP contribution in [0.15, 0.2) is 53.1 Å². The van der Waals surface area contributed by atoms with Crippen LogP contribution in [-0.4, -0.2) is 34.6 Å². The second kappa shape index (κ2) is 9.54. The van der Waals surface area contributed by atoms with Gasteiger partial charge in [0.15, 0.2) is 5.82 Å². The van der Waals surface area contributed by atoms with Crippen molar-refractivity contribution in [1.82, 2.24) is 10.1 Å². The van der Waals surface area contributed by atoms with Crippen molar-refractivity contribution >= 4 is 11.6 Å². The molecule has 7 fully saturated rings. The average molecular weight is 610 g/mol. The molecule has 1 amide bonds. The molecule has 3 aromatic rings. The van der Waals surface area contributed by atoms with Gasteiger partial charge in [0.2, 0.25) is 11.8 Å². The molecule has 0 saturated heterocycles. The number of hydrogen-bond donors (Lipinski definition) is 0. The van der Waals surface area contributed by atoms with Gasteiger partial charge in [-0.3, -0.25) is 4.79 Å². The van der Waals surface area contributed by atoms with Crippen LogP contribution in [0.1, 0.15) is 94.7 Å². The summed E-state index contributed by atoms with van der Waals surface area (Å²) < 4.78 is 62.9. The fourth-order valence-electron chi connectivity index (χ4n) is 8.63. The van der Waals surface area contributed by atoms with Gasteiger partial charge in [-0.25, -0.2) is 4.39 Å². The minimum absolute atomic E-state index is 0.0131. The lowest BCUT2D eigenvalue weighted by Crippen LogP contribution is -2.65. The number of carbonyl (C=O) groups excluding carboxylic acids is 1. The smallest absolute Gasteiger partial charge is 0.406 e. The fraction of sp³-hybridized carbons (Fsp3) is 0.559. The molecule has 10 rings (SSSR count). The van der Waals surface area contributed by atoms with Crippen LogP contribution in [0.25, 0.3) is 11.1 Å². The van der Waals surface area contributed by atoms with E-state index in [0.717, 1.165) is 63.1 Å². The summed E-state index contributed by atoms with van der Waals surface area (Å²) in [5.74, 6) is 1.75. The molecule has 6 nitrogen and oxygen atoms in total. The molecule has 1 heterocycles. The Morgan fingerprint density at radius 3 is 2.23 bits per heavy atom. The number of carbonyl (C=O) groups is 1. The monoisotopic (exact) mass is 609 g/mol. The van der Waals surface area contributed by atoms with Crippen molar-refractivity contribution in [3.05, 3.63) is 60.2 Å². The van der Waals surface area contributed by atoms with Crippen LogP contribution in [0.2, 0.25) is 0 Å². The van der Waals surface area contributed by atoms with Crippen molar-refractivity contribution in [1.29, 1.82) is 0 Å². The van der Waals surface area contributed by atoms with Crippen molar-refractivity contribution in [3.8, 4) is 16.9 Å². The topological polar surface area (TPSA) is 68.5 Å². The molecule has 2 aromatic carbocycles. The van der Waals surface area contributed by atoms with Crippen LogP contribution >= 0.6 is 0 Å². The number of alkyl halides is 4. The Morgan fingerprint density at radius 2 is 1.59 bits per heavy atom. The summed E-state index contributed by atoms with van der Waals surface area (Å²) in [7, 11) is 0.